The predicted octanol–water partition coefficient (Wildman–Crippen LogP) is 5.87. The van der Waals surface area contributed by atoms with Crippen LogP contribution in [-0.4, -0.2) is 46.2 Å². The number of esters is 2. The van der Waals surface area contributed by atoms with Crippen LogP contribution in [0.4, 0.5) is 0 Å². The third-order valence-electron chi connectivity index (χ3n) is 6.94. The van der Waals surface area contributed by atoms with Crippen LogP contribution in [0, 0.1) is 0 Å². The number of aliphatic hydroxyl groups excluding tert-OH is 1. The van der Waals surface area contributed by atoms with Crippen molar-refractivity contribution < 1.29 is 33.7 Å². The molecule has 1 N–H and O–H groups in total. The number of benzene rings is 3. The van der Waals surface area contributed by atoms with E-state index in [1.54, 1.807) is 40.7 Å². The summed E-state index contributed by atoms with van der Waals surface area (Å²) in [4.78, 5) is 40.6. The maximum Gasteiger partial charge on any atom is 0.381 e. The average molecular weight is 629 g/mol. The van der Waals surface area contributed by atoms with E-state index in [1.165, 1.54) is 16.8 Å². The predicted molar refractivity (Wildman–Crippen MR) is 177 cm³/mol. The van der Waals surface area contributed by atoms with Gasteiger partial charge in [0, 0.05) is 6.20 Å². The van der Waals surface area contributed by atoms with Gasteiger partial charge < -0.3 is 23.9 Å². The highest BCUT2D eigenvalue weighted by atomic mass is 31.2. The second kappa shape index (κ2) is 14.9. The highest BCUT2D eigenvalue weighted by Gasteiger charge is 2.58. The van der Waals surface area contributed by atoms with Crippen molar-refractivity contribution in [2.24, 2.45) is 0 Å². The molecule has 0 aliphatic rings. The fourth-order valence-electron chi connectivity index (χ4n) is 5.31. The monoisotopic (exact) mass is 628 g/mol. The van der Waals surface area contributed by atoms with E-state index in [4.69, 9.17) is 14.2 Å². The number of ketones is 1. The zero-order chi connectivity index (χ0) is 32.6. The van der Waals surface area contributed by atoms with Crippen LogP contribution in [0.15, 0.2) is 121 Å². The van der Waals surface area contributed by atoms with Gasteiger partial charge in [0.15, 0.2) is 13.3 Å². The van der Waals surface area contributed by atoms with Crippen LogP contribution in [0.2, 0.25) is 0 Å². The molecule has 1 atom stereocenters. The third-order valence-corrected chi connectivity index (χ3v) is 11.3. The Labute approximate surface area is 264 Å². The molecular weight excluding hydrogens is 589 g/mol. The van der Waals surface area contributed by atoms with Gasteiger partial charge in [-0.15, -0.1) is 0 Å². The zero-order valence-electron chi connectivity index (χ0n) is 26.1. The van der Waals surface area contributed by atoms with Gasteiger partial charge in [-0.1, -0.05) is 54.6 Å². The Kier molecular flexibility index (Phi) is 11.0. The van der Waals surface area contributed by atoms with Crippen molar-refractivity contribution in [2.45, 2.75) is 52.9 Å². The number of hydrogen-bond donors (Lipinski definition) is 1. The number of aromatic nitrogens is 1. The molecular formula is C36H39NO7P+. The molecule has 9 heteroatoms. The topological polar surface area (TPSA) is 104 Å². The van der Waals surface area contributed by atoms with E-state index in [1.807, 2.05) is 91.0 Å². The molecule has 0 amide bonds. The first-order chi connectivity index (χ1) is 21.6. The lowest BCUT2D eigenvalue weighted by molar-refractivity contribution is -0.150. The summed E-state index contributed by atoms with van der Waals surface area (Å²) in [6, 6.07) is 30.5. The van der Waals surface area contributed by atoms with E-state index in [2.05, 4.69) is 0 Å². The van der Waals surface area contributed by atoms with Gasteiger partial charge in [-0.3, -0.25) is 4.79 Å². The van der Waals surface area contributed by atoms with Gasteiger partial charge >= 0.3 is 17.9 Å². The van der Waals surface area contributed by atoms with Crippen molar-refractivity contribution in [3.8, 4) is 0 Å². The van der Waals surface area contributed by atoms with E-state index < -0.39 is 49.2 Å². The van der Waals surface area contributed by atoms with Gasteiger partial charge in [0.2, 0.25) is 5.31 Å². The Morgan fingerprint density at radius 1 is 0.711 bits per heavy atom. The number of aliphatic hydroxyl groups is 1. The molecule has 0 aliphatic carbocycles. The number of Topliss-reactive ketones (excluding diaryl/α,β-unsaturated/α-hetero) is 1. The number of carbonyl (C=O) groups is 3. The van der Waals surface area contributed by atoms with Crippen molar-refractivity contribution in [2.75, 3.05) is 6.61 Å². The van der Waals surface area contributed by atoms with Crippen LogP contribution in [0.5, 0.6) is 0 Å². The van der Waals surface area contributed by atoms with E-state index >= 15 is 0 Å². The maximum atomic E-state index is 14.4. The van der Waals surface area contributed by atoms with E-state index in [-0.39, 0.29) is 17.6 Å². The molecule has 1 unspecified atom stereocenters. The Balaban J connectivity index is 2.22. The standard InChI is InChI=1S/C36H38NO7P/c1-6-42-35(40)32(38)30-23-16-24-37(30)31(34(39)43-25(2)3)33(36(41)44-26(4)5)45(27-17-10-7-11-18-27,28-19-12-8-13-20-28)29-21-14-9-15-22-29/h7-26,31H,6H2,1-5H3/p+1/b36-33+. The second-order valence-corrected chi connectivity index (χ2v) is 14.1. The minimum Gasteiger partial charge on any atom is -0.478 e. The normalized spacial score (nSPS) is 12.8. The van der Waals surface area contributed by atoms with Crippen LogP contribution in [0.1, 0.15) is 51.1 Å². The molecule has 4 aromatic rings. The van der Waals surface area contributed by atoms with E-state index in [9.17, 15) is 19.5 Å². The second-order valence-electron chi connectivity index (χ2n) is 10.8. The van der Waals surface area contributed by atoms with Gasteiger partial charge in [0.25, 0.3) is 5.78 Å². The number of hydrogen-bond acceptors (Lipinski definition) is 7. The number of nitrogens with zero attached hydrogens (tertiary/aromatic N) is 1. The quantitative estimate of drug-likeness (QED) is 0.0649. The Bertz CT molecular complexity index is 1530. The lowest BCUT2D eigenvalue weighted by Gasteiger charge is -2.34. The van der Waals surface area contributed by atoms with E-state index in [0.717, 1.165) is 15.9 Å². The van der Waals surface area contributed by atoms with Crippen LogP contribution in [0.25, 0.3) is 0 Å². The fourth-order valence-corrected chi connectivity index (χ4v) is 9.84. The number of carbonyl (C=O) groups excluding carboxylic acids is 3. The highest BCUT2D eigenvalue weighted by Crippen LogP contribution is 2.66. The summed E-state index contributed by atoms with van der Waals surface area (Å²) in [5.74, 6) is -3.20. The summed E-state index contributed by atoms with van der Waals surface area (Å²) in [7, 11) is -3.20. The van der Waals surface area contributed by atoms with Crippen molar-refractivity contribution in [3.05, 3.63) is 126 Å². The summed E-state index contributed by atoms with van der Waals surface area (Å²) in [6.45, 7) is 8.59. The lowest BCUT2D eigenvalue weighted by atomic mass is 10.2. The summed E-state index contributed by atoms with van der Waals surface area (Å²) >= 11 is 0. The summed E-state index contributed by atoms with van der Waals surface area (Å²) in [5, 5.41) is 14.8. The molecule has 0 saturated carbocycles. The Morgan fingerprint density at radius 3 is 1.60 bits per heavy atom. The molecule has 1 heterocycles. The van der Waals surface area contributed by atoms with Crippen LogP contribution in [0.3, 0.4) is 0 Å². The minimum atomic E-state index is -3.20. The zero-order valence-corrected chi connectivity index (χ0v) is 27.0. The first kappa shape index (κ1) is 33.2. The summed E-state index contributed by atoms with van der Waals surface area (Å²) in [6.07, 6.45) is 0.514. The molecule has 0 fully saturated rings. The van der Waals surface area contributed by atoms with Crippen molar-refractivity contribution in [3.63, 3.8) is 0 Å². The van der Waals surface area contributed by atoms with Crippen LogP contribution >= 0.6 is 7.26 Å². The highest BCUT2D eigenvalue weighted by molar-refractivity contribution is 7.99. The molecule has 4 rings (SSSR count). The fraction of sp³-hybridized carbons (Fsp3) is 0.250. The molecule has 8 nitrogen and oxygen atoms in total. The SMILES string of the molecule is CCOC(=O)C(=O)c1cccn1C(C(=O)OC(C)C)/C(=C(/O)OC(C)C)[P+](c1ccccc1)(c1ccccc1)c1ccccc1. The molecule has 0 bridgehead atoms. The summed E-state index contributed by atoms with van der Waals surface area (Å²) in [5.41, 5.74) is -0.0960. The molecule has 1 aromatic heterocycles. The lowest BCUT2D eigenvalue weighted by Crippen LogP contribution is -2.39. The van der Waals surface area contributed by atoms with Gasteiger partial charge in [0.05, 0.1) is 24.5 Å². The molecule has 234 valence electrons. The van der Waals surface area contributed by atoms with E-state index in [0.29, 0.717) is 0 Å². The van der Waals surface area contributed by atoms with Gasteiger partial charge in [-0.2, -0.15) is 0 Å². The Hall–Kier alpha value is -4.68. The first-order valence-electron chi connectivity index (χ1n) is 14.9. The van der Waals surface area contributed by atoms with Crippen molar-refractivity contribution in [1.29, 1.82) is 0 Å². The van der Waals surface area contributed by atoms with Crippen molar-refractivity contribution >= 4 is 40.9 Å². The van der Waals surface area contributed by atoms with Crippen molar-refractivity contribution in [1.82, 2.24) is 4.57 Å². The van der Waals surface area contributed by atoms with Gasteiger partial charge in [-0.05, 0) is 83.1 Å². The number of rotatable bonds is 13. The van der Waals surface area contributed by atoms with Crippen LogP contribution in [-0.2, 0) is 23.8 Å². The maximum absolute atomic E-state index is 14.4. The molecule has 0 aliphatic heterocycles. The smallest absolute Gasteiger partial charge is 0.381 e. The number of ether oxygens (including phenoxy) is 3. The third kappa shape index (κ3) is 7.02. The molecule has 3 aromatic carbocycles. The molecule has 0 saturated heterocycles. The van der Waals surface area contributed by atoms with Gasteiger partial charge in [-0.25, -0.2) is 9.59 Å². The van der Waals surface area contributed by atoms with Crippen LogP contribution < -0.4 is 15.9 Å². The molecule has 0 radical (unpaired) electrons. The molecule has 45 heavy (non-hydrogen) atoms. The average Bonchev–Trinajstić information content (AvgIpc) is 3.51. The van der Waals surface area contributed by atoms with Gasteiger partial charge in [0.1, 0.15) is 15.9 Å². The first-order valence-corrected chi connectivity index (χ1v) is 16.7. The summed E-state index contributed by atoms with van der Waals surface area (Å²) < 4.78 is 18.3. The largest absolute Gasteiger partial charge is 0.478 e. The Morgan fingerprint density at radius 2 is 1.18 bits per heavy atom. The minimum absolute atomic E-state index is 0.00291. The molecule has 0 spiro atoms.